The number of primary amides is 2. The van der Waals surface area contributed by atoms with Crippen molar-refractivity contribution in [3.63, 3.8) is 0 Å². The maximum absolute atomic E-state index is 13.9. The van der Waals surface area contributed by atoms with E-state index in [0.717, 1.165) is 0 Å². The van der Waals surface area contributed by atoms with Crippen molar-refractivity contribution in [1.29, 1.82) is 0 Å². The van der Waals surface area contributed by atoms with Crippen LogP contribution >= 0.6 is 0 Å². The summed E-state index contributed by atoms with van der Waals surface area (Å²) in [6.45, 7) is 12.8. The number of hydrogen-bond donors (Lipinski definition) is 13. The topological polar surface area (TPSA) is 399 Å². The van der Waals surface area contributed by atoms with Gasteiger partial charge in [-0.15, -0.1) is 0 Å². The molecular formula is C41H75N11O12. The van der Waals surface area contributed by atoms with Crippen molar-refractivity contribution in [2.45, 2.75) is 162 Å². The number of carboxylic acids is 1. The van der Waals surface area contributed by atoms with E-state index in [1.54, 1.807) is 48.5 Å². The lowest BCUT2D eigenvalue weighted by molar-refractivity contribution is -0.143. The van der Waals surface area contributed by atoms with Crippen molar-refractivity contribution >= 4 is 59.1 Å². The van der Waals surface area contributed by atoms with Gasteiger partial charge >= 0.3 is 5.97 Å². The Morgan fingerprint density at radius 1 is 0.516 bits per heavy atom. The molecule has 0 fully saturated rings. The predicted octanol–water partition coefficient (Wildman–Crippen LogP) is -3.15. The van der Waals surface area contributed by atoms with E-state index in [9.17, 15) is 58.2 Å². The third kappa shape index (κ3) is 21.8. The maximum Gasteiger partial charge on any atom is 0.326 e. The number of carboxylic acid groups (broad SMARTS) is 1. The van der Waals surface area contributed by atoms with Crippen LogP contribution in [-0.4, -0.2) is 131 Å². The number of amides is 9. The maximum atomic E-state index is 13.9. The number of hydrogen-bond acceptors (Lipinski definition) is 13. The monoisotopic (exact) mass is 914 g/mol. The van der Waals surface area contributed by atoms with Gasteiger partial charge in [-0.1, -0.05) is 61.8 Å². The van der Waals surface area contributed by atoms with Gasteiger partial charge in [0, 0.05) is 12.8 Å². The second-order valence-electron chi connectivity index (χ2n) is 17.1. The van der Waals surface area contributed by atoms with E-state index < -0.39 is 126 Å². The van der Waals surface area contributed by atoms with Crippen LogP contribution in [0.1, 0.15) is 113 Å². The molecule has 0 aliphatic rings. The predicted molar refractivity (Wildman–Crippen MR) is 235 cm³/mol. The zero-order chi connectivity index (χ0) is 49.4. The number of rotatable bonds is 32. The lowest BCUT2D eigenvalue weighted by Crippen LogP contribution is -2.61. The highest BCUT2D eigenvalue weighted by molar-refractivity contribution is 5.98. The van der Waals surface area contributed by atoms with Crippen molar-refractivity contribution in [2.24, 2.45) is 46.6 Å². The van der Waals surface area contributed by atoms with E-state index in [1.807, 2.05) is 6.92 Å². The van der Waals surface area contributed by atoms with E-state index >= 15 is 0 Å². The van der Waals surface area contributed by atoms with Crippen LogP contribution in [-0.2, 0) is 47.9 Å². The minimum absolute atomic E-state index is 0.00609. The Morgan fingerprint density at radius 2 is 0.906 bits per heavy atom. The molecule has 0 aromatic rings. The molecule has 64 heavy (non-hydrogen) atoms. The quantitative estimate of drug-likeness (QED) is 0.0297. The van der Waals surface area contributed by atoms with Gasteiger partial charge in [-0.05, 0) is 68.7 Å². The number of carbonyl (C=O) groups excluding carboxylic acids is 9. The van der Waals surface area contributed by atoms with E-state index in [1.165, 1.54) is 0 Å². The van der Waals surface area contributed by atoms with E-state index in [4.69, 9.17) is 22.9 Å². The number of nitrogens with one attached hydrogen (secondary N) is 7. The van der Waals surface area contributed by atoms with Crippen molar-refractivity contribution in [3.8, 4) is 0 Å². The first-order chi connectivity index (χ1) is 29.8. The van der Waals surface area contributed by atoms with Crippen molar-refractivity contribution in [3.05, 3.63) is 0 Å². The molecule has 17 N–H and O–H groups in total. The van der Waals surface area contributed by atoms with Gasteiger partial charge in [-0.2, -0.15) is 0 Å². The van der Waals surface area contributed by atoms with Gasteiger partial charge in [0.15, 0.2) is 0 Å². The molecule has 0 aliphatic carbocycles. The summed E-state index contributed by atoms with van der Waals surface area (Å²) in [6.07, 6.45) is 0.230. The van der Waals surface area contributed by atoms with Crippen LogP contribution in [0.25, 0.3) is 0 Å². The minimum Gasteiger partial charge on any atom is -0.480 e. The fraction of sp³-hybridized carbons (Fsp3) is 0.756. The Bertz CT molecular complexity index is 1600. The smallest absolute Gasteiger partial charge is 0.326 e. The summed E-state index contributed by atoms with van der Waals surface area (Å²) in [4.78, 5) is 129. The molecule has 366 valence electrons. The molecule has 0 spiro atoms. The van der Waals surface area contributed by atoms with Gasteiger partial charge in [0.25, 0.3) is 0 Å². The summed E-state index contributed by atoms with van der Waals surface area (Å²) in [7, 11) is 0. The number of aliphatic carboxylic acids is 1. The molecule has 23 nitrogen and oxygen atoms in total. The largest absolute Gasteiger partial charge is 0.480 e. The fourth-order valence-corrected chi connectivity index (χ4v) is 6.18. The number of aliphatic hydroxyl groups is 1. The van der Waals surface area contributed by atoms with E-state index in [0.29, 0.717) is 19.3 Å². The summed E-state index contributed by atoms with van der Waals surface area (Å²) in [5.74, 6) is -10.4. The summed E-state index contributed by atoms with van der Waals surface area (Å²) >= 11 is 0. The molecule has 0 rings (SSSR count). The van der Waals surface area contributed by atoms with Gasteiger partial charge in [0.05, 0.1) is 12.6 Å². The van der Waals surface area contributed by atoms with E-state index in [2.05, 4.69) is 37.2 Å². The zero-order valence-electron chi connectivity index (χ0n) is 38.5. The van der Waals surface area contributed by atoms with Crippen LogP contribution in [0.15, 0.2) is 0 Å². The molecule has 0 aromatic heterocycles. The number of aliphatic hydroxyl groups excluding tert-OH is 1. The number of carbonyl (C=O) groups is 10. The third-order valence-electron chi connectivity index (χ3n) is 10.4. The lowest BCUT2D eigenvalue weighted by Gasteiger charge is -2.29. The Kier molecular flexibility index (Phi) is 27.3. The van der Waals surface area contributed by atoms with Crippen molar-refractivity contribution < 1.29 is 58.2 Å². The summed E-state index contributed by atoms with van der Waals surface area (Å²) in [6, 6.07) is -10.7. The summed E-state index contributed by atoms with van der Waals surface area (Å²) in [5.41, 5.74) is 22.3. The van der Waals surface area contributed by atoms with Crippen LogP contribution in [0.3, 0.4) is 0 Å². The van der Waals surface area contributed by atoms with Gasteiger partial charge in [0.1, 0.15) is 42.3 Å². The van der Waals surface area contributed by atoms with E-state index in [-0.39, 0.29) is 56.9 Å². The standard InChI is InChI=1S/C41H75N11O12/c1-9-23(8)31(45)39(61)47-25(13-15-29(43)54)35(57)49-27(18-20(2)3)37(59)51-32(21(4)5)40(62)48-24(12-10-11-17-42)34(56)50-28(19-53)38(60)46-26(14-16-30(44)55)36(58)52-33(22(6)7)41(63)64/h20-28,31-33,53H,9-19,42,45H2,1-8H3,(H2,43,54)(H2,44,55)(H,46,60)(H,47,61)(H,48,62)(H,49,57)(H,50,56)(H,51,59)(H,52,58)(H,63,64)/t23-,24-,25-,26-,27-,28-,31-,32-,33-/m0/s1. The molecule has 0 unspecified atom stereocenters. The highest BCUT2D eigenvalue weighted by Crippen LogP contribution is 2.12. The van der Waals surface area contributed by atoms with Crippen LogP contribution in [0, 0.1) is 23.7 Å². The van der Waals surface area contributed by atoms with Crippen LogP contribution in [0.4, 0.5) is 0 Å². The summed E-state index contributed by atoms with van der Waals surface area (Å²) < 4.78 is 0. The van der Waals surface area contributed by atoms with Gasteiger partial charge < -0.3 is 70.4 Å². The second-order valence-corrected chi connectivity index (χ2v) is 17.1. The normalized spacial score (nSPS) is 15.5. The minimum atomic E-state index is -1.70. The molecule has 0 saturated heterocycles. The average Bonchev–Trinajstić information content (AvgIpc) is 3.21. The summed E-state index contributed by atoms with van der Waals surface area (Å²) in [5, 5.41) is 37.1. The molecule has 23 heteroatoms. The highest BCUT2D eigenvalue weighted by atomic mass is 16.4. The molecule has 0 bridgehead atoms. The molecule has 9 atom stereocenters. The van der Waals surface area contributed by atoms with Crippen LogP contribution in [0.2, 0.25) is 0 Å². The average molecular weight is 914 g/mol. The molecule has 9 amide bonds. The first-order valence-electron chi connectivity index (χ1n) is 21.8. The molecule has 0 aromatic carbocycles. The first-order valence-corrected chi connectivity index (χ1v) is 21.8. The van der Waals surface area contributed by atoms with Crippen molar-refractivity contribution in [2.75, 3.05) is 13.2 Å². The molecular weight excluding hydrogens is 839 g/mol. The number of nitrogens with two attached hydrogens (primary N) is 4. The fourth-order valence-electron chi connectivity index (χ4n) is 6.18. The highest BCUT2D eigenvalue weighted by Gasteiger charge is 2.36. The first kappa shape index (κ1) is 58.6. The Balaban J connectivity index is 6.40. The second kappa shape index (κ2) is 29.9. The number of unbranched alkanes of at least 4 members (excludes halogenated alkanes) is 1. The van der Waals surface area contributed by atoms with Gasteiger partial charge in [-0.25, -0.2) is 4.79 Å². The Hall–Kier alpha value is -5.42. The molecule has 0 heterocycles. The zero-order valence-corrected chi connectivity index (χ0v) is 38.5. The Morgan fingerprint density at radius 3 is 1.33 bits per heavy atom. The lowest BCUT2D eigenvalue weighted by atomic mass is 9.98. The molecule has 0 saturated carbocycles. The van der Waals surface area contributed by atoms with Gasteiger partial charge in [0.2, 0.25) is 53.2 Å². The van der Waals surface area contributed by atoms with Crippen molar-refractivity contribution in [1.82, 2.24) is 37.2 Å². The van der Waals surface area contributed by atoms with Gasteiger partial charge in [-0.3, -0.25) is 43.2 Å². The SMILES string of the molecule is CC[C@H](C)[C@H](N)C(=O)N[C@@H](CCC(N)=O)C(=O)N[C@@H](CC(C)C)C(=O)N[C@H](C(=O)N[C@@H](CCCCN)C(=O)N[C@@H](CO)C(=O)N[C@@H](CCC(N)=O)C(=O)N[C@H](C(=O)O)C(C)C)C(C)C. The Labute approximate surface area is 375 Å². The molecule has 0 radical (unpaired) electrons. The van der Waals surface area contributed by atoms with Crippen LogP contribution in [0.5, 0.6) is 0 Å². The molecule has 0 aliphatic heterocycles. The van der Waals surface area contributed by atoms with Crippen LogP contribution < -0.4 is 60.2 Å². The third-order valence-corrected chi connectivity index (χ3v) is 10.4.